The Morgan fingerprint density at radius 2 is 0.970 bits per heavy atom. The maximum atomic E-state index is 7.26. The molecule has 0 aliphatic carbocycles. The van der Waals surface area contributed by atoms with Gasteiger partial charge >= 0.3 is 33.2 Å². The van der Waals surface area contributed by atoms with Crippen molar-refractivity contribution in [2.45, 2.75) is 104 Å². The first-order chi connectivity index (χ1) is 14.3. The van der Waals surface area contributed by atoms with E-state index in [1.165, 1.54) is 11.4 Å². The average molecular weight is 645 g/mol. The van der Waals surface area contributed by atoms with E-state index in [1.807, 2.05) is 0 Å². The summed E-state index contributed by atoms with van der Waals surface area (Å²) < 4.78 is 1.62. The van der Waals surface area contributed by atoms with E-state index in [2.05, 4.69) is 140 Å². The summed E-state index contributed by atoms with van der Waals surface area (Å²) >= 11 is 2.11. The second kappa shape index (κ2) is 12.6. The van der Waals surface area contributed by atoms with Crippen LogP contribution < -0.4 is 9.62 Å². The molecular weight excluding hydrogens is 600 g/mol. The second-order valence-electron chi connectivity index (χ2n) is 12.5. The van der Waals surface area contributed by atoms with Crippen LogP contribution in [0.5, 0.6) is 0 Å². The molecule has 0 saturated carbocycles. The second-order valence-corrected chi connectivity index (χ2v) is 20.5. The molecule has 3 nitrogen and oxygen atoms in total. The van der Waals surface area contributed by atoms with E-state index in [1.54, 1.807) is 4.71 Å². The number of para-hydroxylation sites is 2. The van der Waals surface area contributed by atoms with Crippen LogP contribution in [-0.2, 0) is 20.4 Å². The van der Waals surface area contributed by atoms with Crippen LogP contribution in [0.3, 0.4) is 0 Å². The van der Waals surface area contributed by atoms with Gasteiger partial charge < -0.3 is 9.62 Å². The molecule has 1 radical (unpaired) electrons. The number of anilines is 2. The van der Waals surface area contributed by atoms with Crippen LogP contribution in [0.1, 0.15) is 83.1 Å². The molecule has 1 aliphatic rings. The van der Waals surface area contributed by atoms with Crippen molar-refractivity contribution in [3.63, 3.8) is 0 Å². The Balaban J connectivity index is 0.00000242. The van der Waals surface area contributed by atoms with Gasteiger partial charge in [-0.05, 0) is 32.8 Å². The molecule has 1 heterocycles. The molecule has 0 saturated heterocycles. The number of hydrogen-bond donors (Lipinski definition) is 0. The first-order valence-corrected chi connectivity index (χ1v) is 15.3. The Morgan fingerprint density at radius 3 is 1.18 bits per heavy atom. The van der Waals surface area contributed by atoms with E-state index in [0.29, 0.717) is 20.6 Å². The van der Waals surface area contributed by atoms with Crippen molar-refractivity contribution in [2.24, 2.45) is 0 Å². The standard InChI is InChI=1S/C24H44BN2P2.CNSe.Pd/c1-21(2,3)28(22(4,5)6)17-26-19-15-13-14-16-20(19)27(25-26)18-29(23(7,8)9)24(10,11)12;2-1-3;/h13-16H,17-18H2,1-12H3;;/q;-1;. The van der Waals surface area contributed by atoms with Crippen LogP contribution in [0.25, 0.3) is 5.41 Å². The molecule has 1 aliphatic heterocycles. The quantitative estimate of drug-likeness (QED) is 0.193. The van der Waals surface area contributed by atoms with Crippen molar-refractivity contribution in [2.75, 3.05) is 22.2 Å². The Labute approximate surface area is 229 Å². The van der Waals surface area contributed by atoms with Gasteiger partial charge in [0.05, 0.1) is 0 Å². The number of hydrogen-bond acceptors (Lipinski definition) is 2. The molecule has 189 valence electrons. The van der Waals surface area contributed by atoms with Gasteiger partial charge in [-0.3, -0.25) is 0 Å². The molecule has 33 heavy (non-hydrogen) atoms. The number of fused-ring (bicyclic) bond motifs is 1. The summed E-state index contributed by atoms with van der Waals surface area (Å²) in [7, 11) is 2.04. The van der Waals surface area contributed by atoms with Crippen LogP contribution in [0.4, 0.5) is 11.4 Å². The predicted molar refractivity (Wildman–Crippen MR) is 154 cm³/mol. The minimum Gasteiger partial charge on any atom is 0 e. The van der Waals surface area contributed by atoms with E-state index >= 15 is 0 Å². The van der Waals surface area contributed by atoms with Crippen molar-refractivity contribution < 1.29 is 20.4 Å². The largest absolute Gasteiger partial charge is 0 e. The average Bonchev–Trinajstić information content (AvgIpc) is 2.92. The van der Waals surface area contributed by atoms with Crippen LogP contribution in [0.2, 0.25) is 0 Å². The van der Waals surface area contributed by atoms with Gasteiger partial charge in [-0.15, -0.1) is 0 Å². The maximum Gasteiger partial charge on any atom is 0 e. The van der Waals surface area contributed by atoms with Gasteiger partial charge in [0.25, 0.3) is 0 Å². The summed E-state index contributed by atoms with van der Waals surface area (Å²) in [5.74, 6) is 0. The minimum atomic E-state index is -0.189. The van der Waals surface area contributed by atoms with E-state index in [0.717, 1.165) is 12.6 Å². The van der Waals surface area contributed by atoms with Crippen LogP contribution >= 0.6 is 15.8 Å². The fraction of sp³-hybridized carbons (Fsp3) is 0.720. The monoisotopic (exact) mass is 645 g/mol. The smallest absolute Gasteiger partial charge is 0 e. The molecule has 0 aromatic heterocycles. The van der Waals surface area contributed by atoms with E-state index in [-0.39, 0.29) is 36.3 Å². The topological polar surface area (TPSA) is 28.8 Å². The maximum absolute atomic E-state index is 7.26. The first-order valence-electron chi connectivity index (χ1n) is 11.4. The first kappa shape index (κ1) is 33.5. The minimum absolute atomic E-state index is 0. The Morgan fingerprint density at radius 1 is 0.727 bits per heavy atom. The Bertz CT molecular complexity index is 702. The third-order valence-electron chi connectivity index (χ3n) is 5.61. The zero-order valence-electron chi connectivity index (χ0n) is 22.8. The molecule has 1 aromatic carbocycles. The summed E-state index contributed by atoms with van der Waals surface area (Å²) in [5, 5.41) is 8.57. The molecule has 2 rings (SSSR count). The normalized spacial score (nSPS) is 14.2. The molecule has 0 bridgehead atoms. The van der Waals surface area contributed by atoms with Crippen LogP contribution in [0, 0.1) is 0 Å². The van der Waals surface area contributed by atoms with E-state index in [4.69, 9.17) is 5.41 Å². The zero-order valence-corrected chi connectivity index (χ0v) is 27.8. The molecule has 0 N–H and O–H groups in total. The molecule has 0 fully saturated rings. The van der Waals surface area contributed by atoms with Gasteiger partial charge in [-0.25, -0.2) is 0 Å². The third kappa shape index (κ3) is 9.82. The van der Waals surface area contributed by atoms with E-state index in [9.17, 15) is 0 Å². The number of nitrogens with zero attached hydrogens (tertiary/aromatic N) is 3. The molecule has 1 aromatic rings. The van der Waals surface area contributed by atoms with Crippen LogP contribution in [-0.4, -0.2) is 61.0 Å². The van der Waals surface area contributed by atoms with Gasteiger partial charge in [0, 0.05) is 44.4 Å². The molecule has 0 amide bonds. The van der Waals surface area contributed by atoms with Crippen molar-refractivity contribution in [1.29, 1.82) is 0 Å². The number of benzene rings is 1. The summed E-state index contributed by atoms with van der Waals surface area (Å²) in [6, 6.07) is 8.99. The number of rotatable bonds is 4. The van der Waals surface area contributed by atoms with Gasteiger partial charge in [-0.2, -0.15) is 0 Å². The van der Waals surface area contributed by atoms with Crippen molar-refractivity contribution in [1.82, 2.24) is 0 Å². The van der Waals surface area contributed by atoms with Gasteiger partial charge in [0.1, 0.15) is 0 Å². The molecule has 8 heteroatoms. The van der Waals surface area contributed by atoms with E-state index < -0.39 is 0 Å². The van der Waals surface area contributed by atoms with Crippen molar-refractivity contribution in [3.05, 3.63) is 29.7 Å². The Hall–Kier alpha value is 0.507. The van der Waals surface area contributed by atoms with Crippen molar-refractivity contribution >= 4 is 55.1 Å². The summed E-state index contributed by atoms with van der Waals surface area (Å²) in [6.07, 6.45) is 2.25. The van der Waals surface area contributed by atoms with Crippen LogP contribution in [0.15, 0.2) is 24.3 Å². The van der Waals surface area contributed by atoms with Gasteiger partial charge in [0.15, 0.2) is 0 Å². The summed E-state index contributed by atoms with van der Waals surface area (Å²) in [6.45, 7) is 29.0. The van der Waals surface area contributed by atoms with Crippen molar-refractivity contribution in [3.8, 4) is 0 Å². The molecule has 0 spiro atoms. The summed E-state index contributed by atoms with van der Waals surface area (Å²) in [4.78, 5) is 5.10. The van der Waals surface area contributed by atoms with Gasteiger partial charge in [0.2, 0.25) is 0 Å². The third-order valence-corrected chi connectivity index (χ3v) is 13.3. The fourth-order valence-electron chi connectivity index (χ4n) is 4.63. The Kier molecular flexibility index (Phi) is 12.8. The predicted octanol–water partition coefficient (Wildman–Crippen LogP) is 7.55. The fourth-order valence-corrected chi connectivity index (χ4v) is 11.4. The summed E-state index contributed by atoms with van der Waals surface area (Å²) in [5.41, 5.74) is 2.76. The zero-order chi connectivity index (χ0) is 25.1. The molecule has 0 atom stereocenters. The molecular formula is C25H44BN3P2PdSe-. The molecule has 0 unspecified atom stereocenters. The van der Waals surface area contributed by atoms with Gasteiger partial charge in [-0.1, -0.05) is 111 Å². The SMILES string of the molecule is CC(C)(C)P(CN1[B]N(CP(C(C)(C)C)C(C)(C)C)c2ccccc21)C(C)(C)C.[N-]=C=[Se].[Pd].